The molecule has 3 heterocycles. The summed E-state index contributed by atoms with van der Waals surface area (Å²) in [7, 11) is 0. The quantitative estimate of drug-likeness (QED) is 0.896. The van der Waals surface area contributed by atoms with Gasteiger partial charge in [0.15, 0.2) is 0 Å². The van der Waals surface area contributed by atoms with E-state index in [0.29, 0.717) is 37.6 Å². The summed E-state index contributed by atoms with van der Waals surface area (Å²) < 4.78 is 11.1. The highest BCUT2D eigenvalue weighted by Crippen LogP contribution is 2.32. The van der Waals surface area contributed by atoms with E-state index in [1.165, 1.54) is 0 Å². The van der Waals surface area contributed by atoms with Crippen molar-refractivity contribution in [3.05, 3.63) is 72.4 Å². The van der Waals surface area contributed by atoms with Crippen LogP contribution in [0.2, 0.25) is 0 Å². The summed E-state index contributed by atoms with van der Waals surface area (Å²) in [6.07, 6.45) is 6.30. The van der Waals surface area contributed by atoms with E-state index in [0.717, 1.165) is 5.56 Å². The Kier molecular flexibility index (Phi) is 4.93. The standard InChI is InChI=1S/C20H21N3O4/c24-19(25-15-16-5-2-1-3-6-16)23-11-8-20(9-12-23)13-18(22-27-20)26-17-7-4-10-21-14-17/h1-7,10,13-14,22H,8-9,11-12,15H2. The lowest BCUT2D eigenvalue weighted by molar-refractivity contribution is -0.0774. The third-order valence-electron chi connectivity index (χ3n) is 4.68. The maximum Gasteiger partial charge on any atom is 0.410 e. The van der Waals surface area contributed by atoms with Gasteiger partial charge in [-0.1, -0.05) is 30.3 Å². The molecule has 7 nitrogen and oxygen atoms in total. The summed E-state index contributed by atoms with van der Waals surface area (Å²) in [5.74, 6) is 1.18. The molecule has 2 aromatic rings. The van der Waals surface area contributed by atoms with E-state index in [4.69, 9.17) is 14.3 Å². The van der Waals surface area contributed by atoms with Crippen molar-refractivity contribution in [2.24, 2.45) is 0 Å². The fraction of sp³-hybridized carbons (Fsp3) is 0.300. The molecule has 4 rings (SSSR count). The molecule has 7 heteroatoms. The number of nitrogens with one attached hydrogen (secondary N) is 1. The van der Waals surface area contributed by atoms with Crippen molar-refractivity contribution in [3.8, 4) is 5.75 Å². The smallest absolute Gasteiger partial charge is 0.410 e. The van der Waals surface area contributed by atoms with E-state index in [1.54, 1.807) is 23.4 Å². The number of carbonyl (C=O) groups is 1. The van der Waals surface area contributed by atoms with Gasteiger partial charge >= 0.3 is 6.09 Å². The highest BCUT2D eigenvalue weighted by atomic mass is 16.7. The first-order valence-corrected chi connectivity index (χ1v) is 8.93. The molecule has 0 atom stereocenters. The van der Waals surface area contributed by atoms with E-state index in [1.807, 2.05) is 42.5 Å². The minimum absolute atomic E-state index is 0.280. The Labute approximate surface area is 157 Å². The average molecular weight is 367 g/mol. The van der Waals surface area contributed by atoms with Crippen LogP contribution in [0.5, 0.6) is 5.75 Å². The Hall–Kier alpha value is -3.06. The van der Waals surface area contributed by atoms with Crippen LogP contribution in [0.15, 0.2) is 66.8 Å². The van der Waals surface area contributed by atoms with Crippen LogP contribution in [0.4, 0.5) is 4.79 Å². The van der Waals surface area contributed by atoms with Crippen molar-refractivity contribution in [1.29, 1.82) is 0 Å². The van der Waals surface area contributed by atoms with Crippen LogP contribution in [0.3, 0.4) is 0 Å². The number of pyridine rings is 1. The van der Waals surface area contributed by atoms with E-state index >= 15 is 0 Å². The third-order valence-corrected chi connectivity index (χ3v) is 4.68. The number of hydrogen-bond acceptors (Lipinski definition) is 6. The van der Waals surface area contributed by atoms with Crippen LogP contribution in [0.25, 0.3) is 0 Å². The van der Waals surface area contributed by atoms with Crippen molar-refractivity contribution >= 4 is 6.09 Å². The lowest BCUT2D eigenvalue weighted by Crippen LogP contribution is -2.46. The maximum absolute atomic E-state index is 12.3. The van der Waals surface area contributed by atoms with Crippen LogP contribution < -0.4 is 10.2 Å². The number of amides is 1. The SMILES string of the molecule is O=C(OCc1ccccc1)N1CCC2(C=C(Oc3cccnc3)NO2)CC1. The van der Waals surface area contributed by atoms with Gasteiger partial charge < -0.3 is 14.4 Å². The summed E-state index contributed by atoms with van der Waals surface area (Å²) >= 11 is 0. The fourth-order valence-electron chi connectivity index (χ4n) is 3.16. The predicted molar refractivity (Wildman–Crippen MR) is 97.3 cm³/mol. The van der Waals surface area contributed by atoms with Gasteiger partial charge in [-0.2, -0.15) is 0 Å². The first kappa shape index (κ1) is 17.4. The van der Waals surface area contributed by atoms with Crippen LogP contribution >= 0.6 is 0 Å². The van der Waals surface area contributed by atoms with Crippen molar-refractivity contribution in [3.63, 3.8) is 0 Å². The zero-order valence-corrected chi connectivity index (χ0v) is 14.8. The van der Waals surface area contributed by atoms with Crippen molar-refractivity contribution < 1.29 is 19.1 Å². The molecule has 1 fully saturated rings. The van der Waals surface area contributed by atoms with Crippen LogP contribution in [0, 0.1) is 0 Å². The minimum atomic E-state index is -0.465. The first-order valence-electron chi connectivity index (χ1n) is 8.93. The molecule has 1 aromatic carbocycles. The van der Waals surface area contributed by atoms with Gasteiger partial charge in [0.2, 0.25) is 5.88 Å². The first-order chi connectivity index (χ1) is 13.2. The Bertz CT molecular complexity index is 802. The number of benzene rings is 1. The average Bonchev–Trinajstić information content (AvgIpc) is 3.10. The molecule has 0 unspecified atom stereocenters. The number of hydroxylamine groups is 1. The van der Waals surface area contributed by atoms with Gasteiger partial charge in [-0.05, 0) is 17.7 Å². The van der Waals surface area contributed by atoms with Gasteiger partial charge in [-0.15, -0.1) is 0 Å². The second kappa shape index (κ2) is 7.67. The lowest BCUT2D eigenvalue weighted by Gasteiger charge is -2.35. The second-order valence-electron chi connectivity index (χ2n) is 6.60. The molecule has 1 N–H and O–H groups in total. The van der Waals surface area contributed by atoms with Crippen molar-refractivity contribution in [2.75, 3.05) is 13.1 Å². The van der Waals surface area contributed by atoms with Crippen LogP contribution in [0.1, 0.15) is 18.4 Å². The summed E-state index contributed by atoms with van der Waals surface area (Å²) in [6.45, 7) is 1.40. The normalized spacial score (nSPS) is 17.9. The molecule has 0 saturated carbocycles. The summed E-state index contributed by atoms with van der Waals surface area (Å²) in [5, 5.41) is 0. The summed E-state index contributed by atoms with van der Waals surface area (Å²) in [6, 6.07) is 13.3. The topological polar surface area (TPSA) is 72.9 Å². The lowest BCUT2D eigenvalue weighted by atomic mass is 9.92. The fourth-order valence-corrected chi connectivity index (χ4v) is 3.16. The Morgan fingerprint density at radius 2 is 2.00 bits per heavy atom. The van der Waals surface area contributed by atoms with Crippen LogP contribution in [-0.4, -0.2) is 34.7 Å². The number of aromatic nitrogens is 1. The number of piperidine rings is 1. The Balaban J connectivity index is 1.29. The monoisotopic (exact) mass is 367 g/mol. The van der Waals surface area contributed by atoms with Gasteiger partial charge in [-0.3, -0.25) is 9.82 Å². The maximum atomic E-state index is 12.3. The van der Waals surface area contributed by atoms with E-state index in [2.05, 4.69) is 10.5 Å². The number of rotatable bonds is 4. The molecule has 27 heavy (non-hydrogen) atoms. The summed E-state index contributed by atoms with van der Waals surface area (Å²) in [5.41, 5.74) is 3.34. The Morgan fingerprint density at radius 1 is 1.19 bits per heavy atom. The molecule has 1 saturated heterocycles. The van der Waals surface area contributed by atoms with E-state index < -0.39 is 5.60 Å². The van der Waals surface area contributed by atoms with E-state index in [-0.39, 0.29) is 12.7 Å². The highest BCUT2D eigenvalue weighted by Gasteiger charge is 2.40. The van der Waals surface area contributed by atoms with Gasteiger partial charge in [0.05, 0.1) is 6.20 Å². The molecule has 2 aliphatic rings. The van der Waals surface area contributed by atoms with Crippen molar-refractivity contribution in [1.82, 2.24) is 15.4 Å². The number of nitrogens with zero attached hydrogens (tertiary/aromatic N) is 2. The van der Waals surface area contributed by atoms with Crippen molar-refractivity contribution in [2.45, 2.75) is 25.0 Å². The molecule has 140 valence electrons. The number of carbonyl (C=O) groups excluding carboxylic acids is 1. The molecular formula is C20H21N3O4. The Morgan fingerprint density at radius 3 is 2.74 bits per heavy atom. The zero-order chi connectivity index (χ0) is 18.5. The largest absolute Gasteiger partial charge is 0.445 e. The van der Waals surface area contributed by atoms with E-state index in [9.17, 15) is 4.79 Å². The minimum Gasteiger partial charge on any atom is -0.445 e. The zero-order valence-electron chi connectivity index (χ0n) is 14.8. The molecule has 2 aliphatic heterocycles. The van der Waals surface area contributed by atoms with Gasteiger partial charge in [-0.25, -0.2) is 10.3 Å². The summed E-state index contributed by atoms with van der Waals surface area (Å²) in [4.78, 5) is 23.8. The number of ether oxygens (including phenoxy) is 2. The molecule has 1 aromatic heterocycles. The molecule has 0 aliphatic carbocycles. The molecule has 1 amide bonds. The van der Waals surface area contributed by atoms with Crippen LogP contribution in [-0.2, 0) is 16.2 Å². The number of hydrogen-bond donors (Lipinski definition) is 1. The number of likely N-dealkylation sites (tertiary alicyclic amines) is 1. The predicted octanol–water partition coefficient (Wildman–Crippen LogP) is 3.01. The molecule has 1 spiro atoms. The molecule has 0 bridgehead atoms. The van der Waals surface area contributed by atoms with Gasteiger partial charge in [0.1, 0.15) is 18.0 Å². The molecule has 0 radical (unpaired) electrons. The van der Waals surface area contributed by atoms with Gasteiger partial charge in [0.25, 0.3) is 0 Å². The third kappa shape index (κ3) is 4.20. The molecular weight excluding hydrogens is 346 g/mol. The highest BCUT2D eigenvalue weighted by molar-refractivity contribution is 5.67. The second-order valence-corrected chi connectivity index (χ2v) is 6.60. The van der Waals surface area contributed by atoms with Gasteiger partial charge in [0, 0.05) is 38.2 Å².